The minimum absolute atomic E-state index is 0.383. The fourth-order valence-corrected chi connectivity index (χ4v) is 3.89. The molecule has 0 aliphatic heterocycles. The second-order valence-electron chi connectivity index (χ2n) is 7.00. The molecule has 30 heavy (non-hydrogen) atoms. The summed E-state index contributed by atoms with van der Waals surface area (Å²) in [4.78, 5) is 9.73. The van der Waals surface area contributed by atoms with Gasteiger partial charge in [-0.2, -0.15) is 0 Å². The molecule has 0 saturated heterocycles. The third-order valence-electron chi connectivity index (χ3n) is 5.09. The van der Waals surface area contributed by atoms with Crippen LogP contribution in [0.25, 0.3) is 44.6 Å². The normalized spacial score (nSPS) is 11.6. The van der Waals surface area contributed by atoms with E-state index >= 15 is 0 Å². The monoisotopic (exact) mass is 411 g/mol. The van der Waals surface area contributed by atoms with Gasteiger partial charge >= 0.3 is 0 Å². The summed E-state index contributed by atoms with van der Waals surface area (Å²) in [5.41, 5.74) is 5.07. The molecule has 3 aromatic carbocycles. The first kappa shape index (κ1) is 17.1. The third-order valence-corrected chi connectivity index (χ3v) is 5.33. The van der Waals surface area contributed by atoms with Gasteiger partial charge in [-0.05, 0) is 42.5 Å². The second kappa shape index (κ2) is 6.64. The molecule has 0 N–H and O–H groups in total. The number of benzene rings is 3. The van der Waals surface area contributed by atoms with Gasteiger partial charge in [-0.15, -0.1) is 10.2 Å². The average Bonchev–Trinajstić information content (AvgIpc) is 3.36. The second-order valence-corrected chi connectivity index (χ2v) is 7.44. The molecule has 0 radical (unpaired) electrons. The summed E-state index contributed by atoms with van der Waals surface area (Å²) in [7, 11) is 0. The van der Waals surface area contributed by atoms with Crippen molar-refractivity contribution in [2.24, 2.45) is 0 Å². The van der Waals surface area contributed by atoms with E-state index in [0.29, 0.717) is 23.3 Å². The van der Waals surface area contributed by atoms with Gasteiger partial charge in [-0.1, -0.05) is 41.9 Å². The molecule has 0 aliphatic carbocycles. The number of hydrogen-bond donors (Lipinski definition) is 0. The Kier molecular flexibility index (Phi) is 3.79. The third kappa shape index (κ3) is 2.73. The Morgan fingerprint density at radius 1 is 0.833 bits per heavy atom. The number of nitrogens with zero attached hydrogens (tertiary/aromatic N) is 5. The predicted octanol–water partition coefficient (Wildman–Crippen LogP) is 5.49. The maximum absolute atomic E-state index is 6.28. The largest absolute Gasteiger partial charge is 0.419 e. The van der Waals surface area contributed by atoms with E-state index in [0.717, 1.165) is 38.7 Å². The fraction of sp³-hybridized carbons (Fsp3) is 0.0435. The quantitative estimate of drug-likeness (QED) is 0.385. The van der Waals surface area contributed by atoms with Crippen LogP contribution in [0.4, 0.5) is 0 Å². The van der Waals surface area contributed by atoms with E-state index in [2.05, 4.69) is 10.2 Å². The van der Waals surface area contributed by atoms with Crippen LogP contribution in [0.3, 0.4) is 0 Å². The van der Waals surface area contributed by atoms with Crippen LogP contribution in [-0.4, -0.2) is 24.7 Å². The van der Waals surface area contributed by atoms with E-state index in [1.54, 1.807) is 0 Å². The van der Waals surface area contributed by atoms with Crippen molar-refractivity contribution in [3.63, 3.8) is 0 Å². The maximum atomic E-state index is 6.28. The Morgan fingerprint density at radius 2 is 1.60 bits per heavy atom. The molecular weight excluding hydrogens is 398 g/mol. The molecule has 0 spiro atoms. The molecule has 0 bridgehead atoms. The number of hydrogen-bond acceptors (Lipinski definition) is 5. The van der Waals surface area contributed by atoms with Crippen molar-refractivity contribution in [3.05, 3.63) is 83.7 Å². The Labute approximate surface area is 175 Å². The highest BCUT2D eigenvalue weighted by Crippen LogP contribution is 2.31. The first-order valence-electron chi connectivity index (χ1n) is 9.48. The predicted molar refractivity (Wildman–Crippen MR) is 116 cm³/mol. The maximum Gasteiger partial charge on any atom is 0.247 e. The van der Waals surface area contributed by atoms with Crippen LogP contribution < -0.4 is 0 Å². The van der Waals surface area contributed by atoms with Crippen LogP contribution >= 0.6 is 11.6 Å². The van der Waals surface area contributed by atoms with Gasteiger partial charge in [0.1, 0.15) is 12.1 Å². The van der Waals surface area contributed by atoms with Gasteiger partial charge in [0.2, 0.25) is 11.8 Å². The number of rotatable bonds is 3. The Morgan fingerprint density at radius 3 is 2.43 bits per heavy atom. The lowest BCUT2D eigenvalue weighted by Crippen LogP contribution is -2.01. The molecule has 3 heterocycles. The number of aromatic nitrogens is 5. The summed E-state index contributed by atoms with van der Waals surface area (Å²) in [5, 5.41) is 10.0. The lowest BCUT2D eigenvalue weighted by molar-refractivity contribution is 0.494. The fourth-order valence-electron chi connectivity index (χ4n) is 3.72. The van der Waals surface area contributed by atoms with Crippen LogP contribution in [0.15, 0.2) is 77.2 Å². The van der Waals surface area contributed by atoms with Gasteiger partial charge in [0.05, 0.1) is 16.6 Å². The van der Waals surface area contributed by atoms with E-state index in [4.69, 9.17) is 26.0 Å². The van der Waals surface area contributed by atoms with Crippen molar-refractivity contribution in [2.75, 3.05) is 0 Å². The van der Waals surface area contributed by atoms with Crippen molar-refractivity contribution >= 4 is 44.7 Å². The van der Waals surface area contributed by atoms with E-state index in [1.807, 2.05) is 77.4 Å². The zero-order valence-electron chi connectivity index (χ0n) is 15.7. The number of fused-ring (bicyclic) bond motifs is 4. The molecule has 0 atom stereocenters. The molecule has 7 heteroatoms. The first-order chi connectivity index (χ1) is 14.8. The molecule has 6 nitrogen and oxygen atoms in total. The van der Waals surface area contributed by atoms with E-state index in [1.165, 1.54) is 0 Å². The van der Waals surface area contributed by atoms with Crippen molar-refractivity contribution in [1.82, 2.24) is 24.7 Å². The highest BCUT2D eigenvalue weighted by Gasteiger charge is 2.17. The summed E-state index contributed by atoms with van der Waals surface area (Å²) in [6, 6.07) is 23.3. The van der Waals surface area contributed by atoms with Crippen LogP contribution in [0.1, 0.15) is 5.89 Å². The first-order valence-corrected chi connectivity index (χ1v) is 9.86. The standard InChI is InChI=1S/C23H14ClN5O/c24-15-10-11-19-16(12-15)21-22(26-18-9-5-4-8-17(18)25-21)29(19)13-20-27-28-23(30-20)14-6-2-1-3-7-14/h1-12H,13H2. The van der Waals surface area contributed by atoms with Gasteiger partial charge in [0, 0.05) is 16.0 Å². The van der Waals surface area contributed by atoms with Crippen LogP contribution in [0.2, 0.25) is 5.02 Å². The highest BCUT2D eigenvalue weighted by atomic mass is 35.5. The van der Waals surface area contributed by atoms with Gasteiger partial charge in [0.15, 0.2) is 5.65 Å². The minimum atomic E-state index is 0.383. The molecule has 0 fully saturated rings. The molecule has 0 saturated carbocycles. The molecular formula is C23H14ClN5O. The molecule has 6 rings (SSSR count). The lowest BCUT2D eigenvalue weighted by Gasteiger charge is -2.04. The van der Waals surface area contributed by atoms with Gasteiger partial charge < -0.3 is 8.98 Å². The van der Waals surface area contributed by atoms with E-state index < -0.39 is 0 Å². The van der Waals surface area contributed by atoms with Gasteiger partial charge in [-0.3, -0.25) is 0 Å². The van der Waals surface area contributed by atoms with E-state index in [-0.39, 0.29) is 0 Å². The summed E-state index contributed by atoms with van der Waals surface area (Å²) < 4.78 is 7.98. The molecule has 144 valence electrons. The van der Waals surface area contributed by atoms with Crippen LogP contribution in [0.5, 0.6) is 0 Å². The SMILES string of the molecule is Clc1ccc2c(c1)c1nc3ccccc3nc1n2Cc1nnc(-c2ccccc2)o1. The van der Waals surface area contributed by atoms with Crippen LogP contribution in [-0.2, 0) is 6.54 Å². The number of para-hydroxylation sites is 2. The molecule has 0 amide bonds. The van der Waals surface area contributed by atoms with Crippen molar-refractivity contribution in [3.8, 4) is 11.5 Å². The summed E-state index contributed by atoms with van der Waals surface area (Å²) in [5.74, 6) is 0.989. The van der Waals surface area contributed by atoms with Crippen molar-refractivity contribution in [2.45, 2.75) is 6.54 Å². The minimum Gasteiger partial charge on any atom is -0.419 e. The Bertz CT molecular complexity index is 1540. The topological polar surface area (TPSA) is 69.6 Å². The van der Waals surface area contributed by atoms with Gasteiger partial charge in [-0.25, -0.2) is 9.97 Å². The Hall–Kier alpha value is -3.77. The lowest BCUT2D eigenvalue weighted by atomic mass is 10.2. The van der Waals surface area contributed by atoms with Crippen LogP contribution in [0, 0.1) is 0 Å². The zero-order chi connectivity index (χ0) is 20.1. The molecule has 0 unspecified atom stereocenters. The Balaban J connectivity index is 1.54. The van der Waals surface area contributed by atoms with Gasteiger partial charge in [0.25, 0.3) is 0 Å². The highest BCUT2D eigenvalue weighted by molar-refractivity contribution is 6.31. The van der Waals surface area contributed by atoms with Crippen molar-refractivity contribution in [1.29, 1.82) is 0 Å². The van der Waals surface area contributed by atoms with Crippen molar-refractivity contribution < 1.29 is 4.42 Å². The smallest absolute Gasteiger partial charge is 0.247 e. The summed E-state index contributed by atoms with van der Waals surface area (Å²) in [6.45, 7) is 0.383. The summed E-state index contributed by atoms with van der Waals surface area (Å²) in [6.07, 6.45) is 0. The zero-order valence-corrected chi connectivity index (χ0v) is 16.4. The average molecular weight is 412 g/mol. The molecule has 3 aromatic heterocycles. The van der Waals surface area contributed by atoms with E-state index in [9.17, 15) is 0 Å². The molecule has 0 aliphatic rings. The molecule has 6 aromatic rings. The number of halogens is 1. The summed E-state index contributed by atoms with van der Waals surface area (Å²) >= 11 is 6.28.